The van der Waals surface area contributed by atoms with Crippen molar-refractivity contribution in [2.75, 3.05) is 12.3 Å². The van der Waals surface area contributed by atoms with Crippen molar-refractivity contribution < 1.29 is 4.79 Å². The normalized spacial score (nSPS) is 38.7. The van der Waals surface area contributed by atoms with E-state index >= 15 is 0 Å². The summed E-state index contributed by atoms with van der Waals surface area (Å²) in [5, 5.41) is 4.04. The molecule has 1 aliphatic heterocycles. The zero-order valence-electron chi connectivity index (χ0n) is 14.9. The van der Waals surface area contributed by atoms with Gasteiger partial charge in [-0.25, -0.2) is 0 Å². The highest BCUT2D eigenvalue weighted by Crippen LogP contribution is 2.65. The van der Waals surface area contributed by atoms with Crippen LogP contribution in [0.3, 0.4) is 0 Å². The lowest BCUT2D eigenvalue weighted by Gasteiger charge is -2.61. The van der Waals surface area contributed by atoms with Crippen molar-refractivity contribution in [3.8, 4) is 0 Å². The molecule has 1 N–H and O–H groups in total. The Morgan fingerprint density at radius 2 is 1.88 bits per heavy atom. The smallest absolute Gasteiger partial charge is 0.232 e. The van der Waals surface area contributed by atoms with Gasteiger partial charge in [0.15, 0.2) is 5.17 Å². The number of amides is 1. The Kier molecular flexibility index (Phi) is 3.57. The molecule has 1 aromatic carbocycles. The number of hydrogen-bond acceptors (Lipinski definition) is 3. The zero-order chi connectivity index (χ0) is 17.1. The maximum absolute atomic E-state index is 13.3. The average molecular weight is 355 g/mol. The van der Waals surface area contributed by atoms with Gasteiger partial charge < -0.3 is 5.32 Å². The van der Waals surface area contributed by atoms with E-state index in [2.05, 4.69) is 41.5 Å². The lowest BCUT2D eigenvalue weighted by atomic mass is 9.42. The third-order valence-electron chi connectivity index (χ3n) is 7.01. The minimum atomic E-state index is -0.166. The molecule has 4 atom stereocenters. The SMILES string of the molecule is Cc1ccc(C23C[C@@H]4C[C@@H](CC(C(=O)NC5=NCCS5)(C4)C2)C3)cc1. The molecule has 4 bridgehead atoms. The van der Waals surface area contributed by atoms with Gasteiger partial charge in [0.2, 0.25) is 5.91 Å². The van der Waals surface area contributed by atoms with Gasteiger partial charge >= 0.3 is 0 Å². The first-order valence-electron chi connectivity index (χ1n) is 9.63. The number of carbonyl (C=O) groups excluding carboxylic acids is 1. The first kappa shape index (κ1) is 15.9. The van der Waals surface area contributed by atoms with Gasteiger partial charge in [-0.15, -0.1) is 0 Å². The first-order valence-corrected chi connectivity index (χ1v) is 10.6. The first-order chi connectivity index (χ1) is 12.1. The van der Waals surface area contributed by atoms with E-state index in [1.54, 1.807) is 11.8 Å². The maximum Gasteiger partial charge on any atom is 0.232 e. The lowest BCUT2D eigenvalue weighted by molar-refractivity contribution is -0.147. The van der Waals surface area contributed by atoms with E-state index < -0.39 is 0 Å². The highest BCUT2D eigenvalue weighted by Gasteiger charge is 2.61. The van der Waals surface area contributed by atoms with Crippen LogP contribution in [-0.4, -0.2) is 23.4 Å². The molecule has 4 fully saturated rings. The summed E-state index contributed by atoms with van der Waals surface area (Å²) in [4.78, 5) is 17.7. The van der Waals surface area contributed by atoms with Crippen LogP contribution < -0.4 is 5.32 Å². The summed E-state index contributed by atoms with van der Waals surface area (Å²) >= 11 is 1.69. The van der Waals surface area contributed by atoms with E-state index in [0.717, 1.165) is 36.7 Å². The molecule has 6 rings (SSSR count). The summed E-state index contributed by atoms with van der Waals surface area (Å²) in [5.74, 6) is 2.69. The third-order valence-corrected chi connectivity index (χ3v) is 7.90. The second kappa shape index (κ2) is 5.60. The molecule has 4 aliphatic carbocycles. The highest BCUT2D eigenvalue weighted by molar-refractivity contribution is 8.14. The van der Waals surface area contributed by atoms with Gasteiger partial charge in [0.25, 0.3) is 0 Å². The van der Waals surface area contributed by atoms with E-state index in [0.29, 0.717) is 11.8 Å². The molecule has 3 nitrogen and oxygen atoms in total. The fourth-order valence-corrected chi connectivity index (χ4v) is 7.14. The number of aryl methyl sites for hydroxylation is 1. The fraction of sp³-hybridized carbons (Fsp3) is 0.619. The third kappa shape index (κ3) is 2.56. The minimum absolute atomic E-state index is 0.166. The summed E-state index contributed by atoms with van der Waals surface area (Å²) in [6.07, 6.45) is 7.08. The molecule has 0 radical (unpaired) electrons. The number of benzene rings is 1. The van der Waals surface area contributed by atoms with E-state index in [9.17, 15) is 4.79 Å². The van der Waals surface area contributed by atoms with Gasteiger partial charge in [0.05, 0.1) is 12.0 Å². The summed E-state index contributed by atoms with van der Waals surface area (Å²) in [7, 11) is 0. The number of hydrogen-bond donors (Lipinski definition) is 1. The minimum Gasteiger partial charge on any atom is -0.305 e. The van der Waals surface area contributed by atoms with Crippen molar-refractivity contribution >= 4 is 22.8 Å². The van der Waals surface area contributed by atoms with Crippen LogP contribution in [0, 0.1) is 24.2 Å². The number of nitrogens with one attached hydrogen (secondary N) is 1. The molecule has 1 amide bonds. The van der Waals surface area contributed by atoms with Gasteiger partial charge in [0.1, 0.15) is 0 Å². The molecule has 1 heterocycles. The molecule has 0 aromatic heterocycles. The summed E-state index contributed by atoms with van der Waals surface area (Å²) in [6, 6.07) is 9.13. The number of amidine groups is 1. The van der Waals surface area contributed by atoms with Gasteiger partial charge in [-0.05, 0) is 68.3 Å². The Balaban J connectivity index is 1.48. The molecule has 132 valence electrons. The summed E-state index contributed by atoms with van der Waals surface area (Å²) in [6.45, 7) is 2.99. The average Bonchev–Trinajstić information content (AvgIpc) is 3.07. The van der Waals surface area contributed by atoms with E-state index in [1.807, 2.05) is 0 Å². The molecule has 5 aliphatic rings. The Morgan fingerprint density at radius 3 is 2.52 bits per heavy atom. The topological polar surface area (TPSA) is 41.5 Å². The van der Waals surface area contributed by atoms with Crippen LogP contribution in [0.4, 0.5) is 0 Å². The second-order valence-electron chi connectivity index (χ2n) is 8.88. The number of nitrogens with zero attached hydrogens (tertiary/aromatic N) is 1. The molecule has 4 saturated carbocycles. The monoisotopic (exact) mass is 354 g/mol. The number of rotatable bonds is 2. The molecule has 25 heavy (non-hydrogen) atoms. The van der Waals surface area contributed by atoms with Gasteiger partial charge in [-0.1, -0.05) is 41.6 Å². The van der Waals surface area contributed by atoms with E-state index in [4.69, 9.17) is 0 Å². The molecule has 0 saturated heterocycles. The highest BCUT2D eigenvalue weighted by atomic mass is 32.2. The van der Waals surface area contributed by atoms with Crippen LogP contribution in [-0.2, 0) is 10.2 Å². The van der Waals surface area contributed by atoms with Crippen molar-refractivity contribution in [3.05, 3.63) is 35.4 Å². The van der Waals surface area contributed by atoms with Crippen LogP contribution in [0.2, 0.25) is 0 Å². The maximum atomic E-state index is 13.3. The van der Waals surface area contributed by atoms with Gasteiger partial charge in [-0.2, -0.15) is 0 Å². The number of thioether (sulfide) groups is 1. The molecular weight excluding hydrogens is 328 g/mol. The quantitative estimate of drug-likeness (QED) is 0.870. The van der Waals surface area contributed by atoms with Gasteiger partial charge in [0, 0.05) is 5.75 Å². The molecule has 0 spiro atoms. The van der Waals surface area contributed by atoms with Crippen LogP contribution in [0.1, 0.15) is 49.7 Å². The fourth-order valence-electron chi connectivity index (χ4n) is 6.41. The van der Waals surface area contributed by atoms with Crippen molar-refractivity contribution in [3.63, 3.8) is 0 Å². The van der Waals surface area contributed by atoms with Crippen molar-refractivity contribution in [1.29, 1.82) is 0 Å². The second-order valence-corrected chi connectivity index (χ2v) is 9.96. The standard InChI is InChI=1S/C21H26N2OS/c1-14-2-4-17(5-3-14)20-9-15-8-16(10-20)12-21(11-15,13-20)18(24)23-19-22-6-7-25-19/h2-5,15-16H,6-13H2,1H3,(H,22,23,24)/t15-,16+,20?,21?. The Labute approximate surface area is 154 Å². The van der Waals surface area contributed by atoms with E-state index in [-0.39, 0.29) is 16.7 Å². The van der Waals surface area contributed by atoms with Crippen LogP contribution in [0.15, 0.2) is 29.3 Å². The Bertz CT molecular complexity index is 725. The van der Waals surface area contributed by atoms with Crippen LogP contribution >= 0.6 is 11.8 Å². The molecule has 1 aromatic rings. The number of aliphatic imine (C=N–C) groups is 1. The van der Waals surface area contributed by atoms with Crippen molar-refractivity contribution in [2.45, 2.75) is 50.9 Å². The largest absolute Gasteiger partial charge is 0.305 e. The number of carbonyl (C=O) groups is 1. The lowest BCUT2D eigenvalue weighted by Crippen LogP contribution is -2.59. The van der Waals surface area contributed by atoms with Crippen molar-refractivity contribution in [1.82, 2.24) is 5.32 Å². The van der Waals surface area contributed by atoms with Crippen LogP contribution in [0.25, 0.3) is 0 Å². The van der Waals surface area contributed by atoms with Crippen molar-refractivity contribution in [2.24, 2.45) is 22.2 Å². The Morgan fingerprint density at radius 1 is 1.16 bits per heavy atom. The summed E-state index contributed by atoms with van der Waals surface area (Å²) < 4.78 is 0. The zero-order valence-corrected chi connectivity index (χ0v) is 15.7. The molecular formula is C21H26N2OS. The van der Waals surface area contributed by atoms with Crippen LogP contribution in [0.5, 0.6) is 0 Å². The molecule has 4 heteroatoms. The predicted octanol–water partition coefficient (Wildman–Crippen LogP) is 4.05. The molecule has 2 unspecified atom stereocenters. The summed E-state index contributed by atoms with van der Waals surface area (Å²) in [5.41, 5.74) is 2.84. The predicted molar refractivity (Wildman–Crippen MR) is 103 cm³/mol. The van der Waals surface area contributed by atoms with E-state index in [1.165, 1.54) is 30.4 Å². The van der Waals surface area contributed by atoms with Gasteiger partial charge in [-0.3, -0.25) is 9.79 Å². The Hall–Kier alpha value is -1.29.